The molecule has 0 unspecified atom stereocenters. The Kier molecular flexibility index (Phi) is 5.97. The molecule has 2 heterocycles. The molecule has 2 saturated heterocycles. The summed E-state index contributed by atoms with van der Waals surface area (Å²) < 4.78 is 0. The van der Waals surface area contributed by atoms with Crippen LogP contribution in [0.4, 0.5) is 5.69 Å². The maximum atomic E-state index is 12.3. The molecule has 142 valence electrons. The first-order chi connectivity index (χ1) is 12.4. The molecule has 1 aromatic rings. The second-order valence-electron chi connectivity index (χ2n) is 8.19. The van der Waals surface area contributed by atoms with Gasteiger partial charge in [0.2, 0.25) is 11.8 Å². The molecule has 1 aromatic carbocycles. The average molecular weight is 357 g/mol. The van der Waals surface area contributed by atoms with Crippen molar-refractivity contribution in [1.29, 1.82) is 0 Å². The largest absolute Gasteiger partial charge is 0.345 e. The van der Waals surface area contributed by atoms with E-state index in [1.54, 1.807) is 11.9 Å². The van der Waals surface area contributed by atoms with Gasteiger partial charge in [0.25, 0.3) is 0 Å². The zero-order valence-electron chi connectivity index (χ0n) is 16.2. The van der Waals surface area contributed by atoms with Crippen LogP contribution in [0.2, 0.25) is 0 Å². The molecule has 2 aliphatic heterocycles. The Morgan fingerprint density at radius 3 is 2.54 bits per heavy atom. The Labute approximate surface area is 156 Å². The summed E-state index contributed by atoms with van der Waals surface area (Å²) in [6.07, 6.45) is 3.93. The second kappa shape index (κ2) is 8.21. The lowest BCUT2D eigenvalue weighted by Gasteiger charge is -2.34. The van der Waals surface area contributed by atoms with E-state index in [0.29, 0.717) is 13.0 Å². The van der Waals surface area contributed by atoms with Crippen molar-refractivity contribution in [3.63, 3.8) is 0 Å². The van der Waals surface area contributed by atoms with Crippen LogP contribution in [0, 0.1) is 17.8 Å². The summed E-state index contributed by atoms with van der Waals surface area (Å²) in [7, 11) is 3.95. The first-order valence-electron chi connectivity index (χ1n) is 9.74. The van der Waals surface area contributed by atoms with E-state index in [1.807, 2.05) is 12.1 Å². The molecule has 0 radical (unpaired) electrons. The highest BCUT2D eigenvalue weighted by Gasteiger charge is 2.32. The minimum atomic E-state index is -0.238. The Hall–Kier alpha value is -1.88. The zero-order chi connectivity index (χ0) is 18.7. The Morgan fingerprint density at radius 1 is 1.19 bits per heavy atom. The molecule has 26 heavy (non-hydrogen) atoms. The van der Waals surface area contributed by atoms with E-state index in [2.05, 4.69) is 36.3 Å². The van der Waals surface area contributed by atoms with Gasteiger partial charge in [0.05, 0.1) is 5.92 Å². The van der Waals surface area contributed by atoms with Gasteiger partial charge in [-0.05, 0) is 62.4 Å². The molecule has 3 rings (SSSR count). The van der Waals surface area contributed by atoms with Crippen molar-refractivity contribution in [2.24, 2.45) is 17.8 Å². The Morgan fingerprint density at radius 2 is 1.92 bits per heavy atom. The molecule has 3 atom stereocenters. The topological polar surface area (TPSA) is 52.7 Å². The van der Waals surface area contributed by atoms with Crippen LogP contribution in [-0.4, -0.2) is 55.3 Å². The van der Waals surface area contributed by atoms with Crippen molar-refractivity contribution in [1.82, 2.24) is 9.80 Å². The second-order valence-corrected chi connectivity index (χ2v) is 8.19. The normalized spacial score (nSPS) is 27.0. The van der Waals surface area contributed by atoms with E-state index in [1.165, 1.54) is 31.5 Å². The first kappa shape index (κ1) is 18.9. The smallest absolute Gasteiger partial charge is 0.229 e. The van der Waals surface area contributed by atoms with Crippen LogP contribution in [0.15, 0.2) is 24.3 Å². The van der Waals surface area contributed by atoms with Crippen molar-refractivity contribution >= 4 is 17.5 Å². The minimum absolute atomic E-state index is 0.0450. The standard InChI is InChI=1S/C21H31N3O2/c1-15-13-23(2)11-10-17(15)7-4-16-5-8-19(9-6-16)22-21(26)18-12-20(25)24(3)14-18/h5-6,8-9,15,17-18H,4,7,10-14H2,1-3H3,(H,22,26)/t15-,17-,18-/m1/s1. The van der Waals surface area contributed by atoms with Gasteiger partial charge < -0.3 is 15.1 Å². The lowest BCUT2D eigenvalue weighted by atomic mass is 9.83. The molecule has 5 nitrogen and oxygen atoms in total. The predicted molar refractivity (Wildman–Crippen MR) is 104 cm³/mol. The highest BCUT2D eigenvalue weighted by molar-refractivity contribution is 5.97. The highest BCUT2D eigenvalue weighted by Crippen LogP contribution is 2.27. The van der Waals surface area contributed by atoms with Crippen LogP contribution in [0.5, 0.6) is 0 Å². The number of aryl methyl sites for hydroxylation is 1. The van der Waals surface area contributed by atoms with Gasteiger partial charge in [0.1, 0.15) is 0 Å². The van der Waals surface area contributed by atoms with Crippen molar-refractivity contribution in [2.75, 3.05) is 39.0 Å². The number of carbonyl (C=O) groups is 2. The van der Waals surface area contributed by atoms with Gasteiger partial charge in [0, 0.05) is 32.2 Å². The van der Waals surface area contributed by atoms with Gasteiger partial charge in [-0.2, -0.15) is 0 Å². The lowest BCUT2D eigenvalue weighted by Crippen LogP contribution is -2.36. The molecule has 0 aliphatic carbocycles. The van der Waals surface area contributed by atoms with Gasteiger partial charge in [-0.15, -0.1) is 0 Å². The number of nitrogens with zero attached hydrogens (tertiary/aromatic N) is 2. The van der Waals surface area contributed by atoms with Gasteiger partial charge in [-0.1, -0.05) is 19.1 Å². The number of likely N-dealkylation sites (tertiary alicyclic amines) is 2. The maximum Gasteiger partial charge on any atom is 0.229 e. The predicted octanol–water partition coefficient (Wildman–Crippen LogP) is 2.62. The molecule has 2 aliphatic rings. The van der Waals surface area contributed by atoms with E-state index in [9.17, 15) is 9.59 Å². The first-order valence-corrected chi connectivity index (χ1v) is 9.74. The van der Waals surface area contributed by atoms with E-state index in [-0.39, 0.29) is 17.7 Å². The highest BCUT2D eigenvalue weighted by atomic mass is 16.2. The van der Waals surface area contributed by atoms with E-state index in [0.717, 1.165) is 23.9 Å². The van der Waals surface area contributed by atoms with E-state index in [4.69, 9.17) is 0 Å². The SMILES string of the molecule is C[C@@H]1CN(C)CC[C@H]1CCc1ccc(NC(=O)[C@@H]2CC(=O)N(C)C2)cc1. The molecular formula is C21H31N3O2. The summed E-state index contributed by atoms with van der Waals surface area (Å²) in [5.74, 6) is 1.32. The summed E-state index contributed by atoms with van der Waals surface area (Å²) in [6, 6.07) is 8.18. The van der Waals surface area contributed by atoms with Crippen molar-refractivity contribution in [3.8, 4) is 0 Å². The number of anilines is 1. The minimum Gasteiger partial charge on any atom is -0.345 e. The lowest BCUT2D eigenvalue weighted by molar-refractivity contribution is -0.127. The molecule has 1 N–H and O–H groups in total. The number of amides is 2. The number of piperidine rings is 1. The van der Waals surface area contributed by atoms with Gasteiger partial charge in [0.15, 0.2) is 0 Å². The molecule has 0 aromatic heterocycles. The molecule has 0 spiro atoms. The van der Waals surface area contributed by atoms with Crippen LogP contribution in [0.1, 0.15) is 31.7 Å². The van der Waals surface area contributed by atoms with Crippen LogP contribution < -0.4 is 5.32 Å². The molecule has 5 heteroatoms. The van der Waals surface area contributed by atoms with Crippen molar-refractivity contribution < 1.29 is 9.59 Å². The number of rotatable bonds is 5. The number of carbonyl (C=O) groups excluding carboxylic acids is 2. The van der Waals surface area contributed by atoms with Crippen molar-refractivity contribution in [3.05, 3.63) is 29.8 Å². The molecular weight excluding hydrogens is 326 g/mol. The number of nitrogens with one attached hydrogen (secondary N) is 1. The monoisotopic (exact) mass is 357 g/mol. The average Bonchev–Trinajstić information content (AvgIpc) is 2.95. The molecule has 2 amide bonds. The molecule has 2 fully saturated rings. The Balaban J connectivity index is 1.47. The van der Waals surface area contributed by atoms with E-state index < -0.39 is 0 Å². The van der Waals surface area contributed by atoms with Gasteiger partial charge in [-0.25, -0.2) is 0 Å². The van der Waals surface area contributed by atoms with E-state index >= 15 is 0 Å². The zero-order valence-corrected chi connectivity index (χ0v) is 16.2. The van der Waals surface area contributed by atoms with Crippen LogP contribution >= 0.6 is 0 Å². The third-order valence-corrected chi connectivity index (χ3v) is 6.02. The summed E-state index contributed by atoms with van der Waals surface area (Å²) in [5.41, 5.74) is 2.14. The van der Waals surface area contributed by atoms with Crippen LogP contribution in [0.25, 0.3) is 0 Å². The molecule has 0 saturated carbocycles. The fourth-order valence-electron chi connectivity index (χ4n) is 4.22. The van der Waals surface area contributed by atoms with Crippen molar-refractivity contribution in [2.45, 2.75) is 32.6 Å². The number of hydrogen-bond donors (Lipinski definition) is 1. The van der Waals surface area contributed by atoms with Crippen LogP contribution in [-0.2, 0) is 16.0 Å². The fourth-order valence-corrected chi connectivity index (χ4v) is 4.22. The Bertz CT molecular complexity index is 643. The summed E-state index contributed by atoms with van der Waals surface area (Å²) in [4.78, 5) is 27.9. The van der Waals surface area contributed by atoms with Crippen LogP contribution in [0.3, 0.4) is 0 Å². The summed E-state index contributed by atoms with van der Waals surface area (Å²) >= 11 is 0. The number of benzene rings is 1. The summed E-state index contributed by atoms with van der Waals surface area (Å²) in [5, 5.41) is 2.95. The molecule has 0 bridgehead atoms. The maximum absolute atomic E-state index is 12.3. The summed E-state index contributed by atoms with van der Waals surface area (Å²) in [6.45, 7) is 5.29. The van der Waals surface area contributed by atoms with Gasteiger partial charge in [-0.3, -0.25) is 9.59 Å². The third-order valence-electron chi connectivity index (χ3n) is 6.02. The fraction of sp³-hybridized carbons (Fsp3) is 0.619. The quantitative estimate of drug-likeness (QED) is 0.881. The third kappa shape index (κ3) is 4.64. The van der Waals surface area contributed by atoms with Gasteiger partial charge >= 0.3 is 0 Å². The number of hydrogen-bond acceptors (Lipinski definition) is 3.